The molecule has 1 aliphatic carbocycles. The Morgan fingerprint density at radius 2 is 1.94 bits per heavy atom. The summed E-state index contributed by atoms with van der Waals surface area (Å²) in [6.45, 7) is 5.75. The van der Waals surface area contributed by atoms with E-state index in [-0.39, 0.29) is 23.3 Å². The predicted octanol–water partition coefficient (Wildman–Crippen LogP) is 7.69. The number of rotatable bonds is 3. The van der Waals surface area contributed by atoms with Crippen molar-refractivity contribution in [1.29, 1.82) is 0 Å². The Hall–Kier alpha value is -3.60. The number of hydrogen-bond acceptors (Lipinski definition) is 6. The number of benzene rings is 2. The van der Waals surface area contributed by atoms with E-state index in [0.29, 0.717) is 42.7 Å². The third-order valence-corrected chi connectivity index (χ3v) is 12.6. The quantitative estimate of drug-likeness (QED) is 0.279. The van der Waals surface area contributed by atoms with E-state index in [2.05, 4.69) is 38.3 Å². The number of hydrogen-bond donors (Lipinski definition) is 1. The van der Waals surface area contributed by atoms with Crippen molar-refractivity contribution in [1.82, 2.24) is 9.29 Å². The van der Waals surface area contributed by atoms with Crippen LogP contribution in [0.3, 0.4) is 0 Å². The molecular formula is C39H49ClN4O5S. The first-order chi connectivity index (χ1) is 24.0. The van der Waals surface area contributed by atoms with Gasteiger partial charge in [-0.05, 0) is 117 Å². The lowest BCUT2D eigenvalue weighted by Crippen LogP contribution is -2.43. The van der Waals surface area contributed by atoms with E-state index in [1.165, 1.54) is 11.1 Å². The largest absolute Gasteiger partial charge is 0.491 e. The molecule has 9 nitrogen and oxygen atoms in total. The summed E-state index contributed by atoms with van der Waals surface area (Å²) >= 11 is 6.49. The molecule has 2 aromatic carbocycles. The molecule has 2 amide bonds. The summed E-state index contributed by atoms with van der Waals surface area (Å²) in [4.78, 5) is 29.7. The van der Waals surface area contributed by atoms with E-state index in [0.717, 1.165) is 61.5 Å². The highest BCUT2D eigenvalue weighted by Crippen LogP contribution is 2.42. The van der Waals surface area contributed by atoms with Crippen LogP contribution in [0.15, 0.2) is 65.2 Å². The van der Waals surface area contributed by atoms with Gasteiger partial charge in [0.1, 0.15) is 15.7 Å². The van der Waals surface area contributed by atoms with Crippen molar-refractivity contribution < 1.29 is 23.3 Å². The number of methoxy groups -OCH3 is 1. The Labute approximate surface area is 301 Å². The van der Waals surface area contributed by atoms with E-state index in [9.17, 15) is 13.8 Å². The molecule has 2 aliphatic heterocycles. The van der Waals surface area contributed by atoms with E-state index in [1.807, 2.05) is 43.7 Å². The lowest BCUT2D eigenvalue weighted by molar-refractivity contribution is 0.0133. The Bertz CT molecular complexity index is 1860. The molecule has 1 N–H and O–H groups in total. The molecule has 5 atom stereocenters. The first-order valence-electron chi connectivity index (χ1n) is 17.7. The molecule has 3 aliphatic rings. The molecular weight excluding hydrogens is 672 g/mol. The van der Waals surface area contributed by atoms with Crippen LogP contribution in [0.4, 0.5) is 5.69 Å². The molecule has 1 aromatic heterocycles. The zero-order chi connectivity index (χ0) is 35.4. The Balaban J connectivity index is 1.45. The zero-order valence-electron chi connectivity index (χ0n) is 29.5. The van der Waals surface area contributed by atoms with Crippen LogP contribution in [0.25, 0.3) is 0 Å². The van der Waals surface area contributed by atoms with Crippen LogP contribution >= 0.6 is 11.6 Å². The molecule has 0 spiro atoms. The molecule has 0 saturated heterocycles. The molecule has 1 fully saturated rings. The van der Waals surface area contributed by atoms with Crippen molar-refractivity contribution in [2.24, 2.45) is 29.2 Å². The van der Waals surface area contributed by atoms with E-state index >= 15 is 0 Å². The van der Waals surface area contributed by atoms with Gasteiger partial charge in [0.05, 0.1) is 29.7 Å². The standard InChI is InChI=1S/C39H49ClN4O5S/c1-26-9-8-11-36(48-4)34-16-13-31(34)24-44-23-30-12-15-33(40)20-28(30)10-6-5-7-18-49-37-17-14-29(21-35(37)44)38(45)41-50(47,25-26)42-39(46)32-19-27(2)43(3)22-32/h8,11-12,14-15,17,19-22,26,31,34,36H,5-7,9-10,13,16,18,23-25H2,1-4H3,(H,41,42,45,46,47)/b11-8+/t26-,31-,34+,36-,50-/m0/s1. The van der Waals surface area contributed by atoms with Crippen molar-refractivity contribution in [3.8, 4) is 5.75 Å². The number of allylic oxidation sites excluding steroid dienone is 1. The van der Waals surface area contributed by atoms with Crippen LogP contribution in [0, 0.1) is 24.7 Å². The van der Waals surface area contributed by atoms with Crippen LogP contribution in [-0.4, -0.2) is 52.7 Å². The third kappa shape index (κ3) is 8.46. The van der Waals surface area contributed by atoms with E-state index < -0.39 is 21.7 Å². The third-order valence-electron chi connectivity index (χ3n) is 10.4. The van der Waals surface area contributed by atoms with E-state index in [1.54, 1.807) is 25.4 Å². The molecule has 3 aromatic rings. The first kappa shape index (κ1) is 36.2. The summed E-state index contributed by atoms with van der Waals surface area (Å²) in [5, 5.41) is 0.725. The van der Waals surface area contributed by atoms with Crippen LogP contribution in [0.5, 0.6) is 5.75 Å². The number of nitrogens with zero attached hydrogens (tertiary/aromatic N) is 3. The molecule has 6 rings (SSSR count). The normalized spacial score (nSPS) is 26.8. The summed E-state index contributed by atoms with van der Waals surface area (Å²) in [7, 11) is 0.0908. The summed E-state index contributed by atoms with van der Waals surface area (Å²) in [5.74, 6) is 0.0995. The van der Waals surface area contributed by atoms with Crippen molar-refractivity contribution in [2.75, 3.05) is 30.9 Å². The average Bonchev–Trinajstić information content (AvgIpc) is 3.40. The highest BCUT2D eigenvalue weighted by atomic mass is 35.5. The Morgan fingerprint density at radius 3 is 2.68 bits per heavy atom. The van der Waals surface area contributed by atoms with Gasteiger partial charge in [-0.2, -0.15) is 0 Å². The molecule has 3 heterocycles. The highest BCUT2D eigenvalue weighted by Gasteiger charge is 2.38. The van der Waals surface area contributed by atoms with Gasteiger partial charge in [0.15, 0.2) is 0 Å². The predicted molar refractivity (Wildman–Crippen MR) is 199 cm³/mol. The number of aryl methyl sites for hydroxylation is 3. The fourth-order valence-corrected chi connectivity index (χ4v) is 9.44. The van der Waals surface area contributed by atoms with Crippen molar-refractivity contribution in [2.45, 2.75) is 71.4 Å². The molecule has 0 radical (unpaired) electrons. The molecule has 11 heteroatoms. The molecule has 2 bridgehead atoms. The van der Waals surface area contributed by atoms with Gasteiger partial charge >= 0.3 is 0 Å². The number of aromatic nitrogens is 1. The van der Waals surface area contributed by atoms with Crippen LogP contribution in [0.1, 0.15) is 83.0 Å². The molecule has 0 unspecified atom stereocenters. The SMILES string of the molecule is CO[C@H]1/C=C/C[C@H](C)C[S@@](=O)(NC(=O)c2cc(C)n(C)c2)=NC(=O)c2ccc3c(c2)N(Cc2ccc(Cl)cc2CCCCCO3)C[C@@H]2CC[C@H]21. The van der Waals surface area contributed by atoms with Crippen LogP contribution < -0.4 is 14.4 Å². The number of amides is 2. The summed E-state index contributed by atoms with van der Waals surface area (Å²) in [6, 6.07) is 13.2. The van der Waals surface area contributed by atoms with Crippen molar-refractivity contribution >= 4 is 39.0 Å². The molecule has 50 heavy (non-hydrogen) atoms. The number of anilines is 1. The second kappa shape index (κ2) is 15.7. The molecule has 268 valence electrons. The van der Waals surface area contributed by atoms with Gasteiger partial charge in [-0.15, -0.1) is 4.36 Å². The second-order valence-electron chi connectivity index (χ2n) is 14.2. The van der Waals surface area contributed by atoms with Crippen LogP contribution in [0.2, 0.25) is 5.02 Å². The minimum absolute atomic E-state index is 0.0177. The summed E-state index contributed by atoms with van der Waals surface area (Å²) < 4.78 is 35.8. The minimum atomic E-state index is -3.51. The zero-order valence-corrected chi connectivity index (χ0v) is 31.1. The van der Waals surface area contributed by atoms with Gasteiger partial charge in [-0.1, -0.05) is 36.7 Å². The Morgan fingerprint density at radius 1 is 1.10 bits per heavy atom. The van der Waals surface area contributed by atoms with Crippen molar-refractivity contribution in [3.63, 3.8) is 0 Å². The fraction of sp³-hybridized carbons (Fsp3) is 0.487. The minimum Gasteiger partial charge on any atom is -0.491 e. The summed E-state index contributed by atoms with van der Waals surface area (Å²) in [6.07, 6.45) is 12.4. The topological polar surface area (TPSA) is 102 Å². The van der Waals surface area contributed by atoms with Crippen molar-refractivity contribution in [3.05, 3.63) is 93.8 Å². The maximum absolute atomic E-state index is 14.5. The second-order valence-corrected chi connectivity index (χ2v) is 16.7. The molecule has 1 saturated carbocycles. The average molecular weight is 721 g/mol. The van der Waals surface area contributed by atoms with Gasteiger partial charge in [0, 0.05) is 49.7 Å². The van der Waals surface area contributed by atoms with Gasteiger partial charge in [0.25, 0.3) is 11.8 Å². The highest BCUT2D eigenvalue weighted by molar-refractivity contribution is 7.92. The van der Waals surface area contributed by atoms with Crippen LogP contribution in [-0.2, 0) is 34.7 Å². The monoisotopic (exact) mass is 720 g/mol. The lowest BCUT2D eigenvalue weighted by atomic mass is 9.70. The maximum Gasteiger partial charge on any atom is 0.286 e. The maximum atomic E-state index is 14.5. The number of carbonyl (C=O) groups is 2. The summed E-state index contributed by atoms with van der Waals surface area (Å²) in [5.41, 5.74) is 4.74. The number of ether oxygens (including phenoxy) is 2. The Kier molecular flexibility index (Phi) is 11.4. The smallest absolute Gasteiger partial charge is 0.286 e. The first-order valence-corrected chi connectivity index (χ1v) is 19.8. The number of nitrogens with one attached hydrogen (secondary N) is 1. The van der Waals surface area contributed by atoms with Gasteiger partial charge < -0.3 is 18.9 Å². The number of fused-ring (bicyclic) bond motifs is 3. The number of halogens is 1. The number of carbonyl (C=O) groups excluding carboxylic acids is 2. The lowest BCUT2D eigenvalue weighted by Gasteiger charge is -2.43. The van der Waals surface area contributed by atoms with Gasteiger partial charge in [-0.25, -0.2) is 4.21 Å². The fourth-order valence-electron chi connectivity index (χ4n) is 7.35. The van der Waals surface area contributed by atoms with E-state index in [4.69, 9.17) is 21.1 Å². The van der Waals surface area contributed by atoms with Gasteiger partial charge in [0.2, 0.25) is 0 Å². The van der Waals surface area contributed by atoms with Gasteiger partial charge in [-0.3, -0.25) is 14.3 Å².